The van der Waals surface area contributed by atoms with E-state index in [2.05, 4.69) is 24.6 Å². The zero-order valence-electron chi connectivity index (χ0n) is 8.66. The number of hydrogen-bond acceptors (Lipinski definition) is 2. The highest BCUT2D eigenvalue weighted by molar-refractivity contribution is 6.79. The van der Waals surface area contributed by atoms with E-state index < -0.39 is 14.2 Å². The van der Waals surface area contributed by atoms with Crippen LogP contribution in [0.4, 0.5) is 5.69 Å². The number of carbonyl (C=O) groups is 1. The van der Waals surface area contributed by atoms with Crippen molar-refractivity contribution >= 4 is 19.9 Å². The molecule has 0 unspecified atom stereocenters. The topological polar surface area (TPSA) is 49.3 Å². The summed E-state index contributed by atoms with van der Waals surface area (Å²) < 4.78 is 0. The van der Waals surface area contributed by atoms with E-state index in [-0.39, 0.29) is 0 Å². The molecule has 4 heteroatoms. The van der Waals surface area contributed by atoms with Crippen LogP contribution < -0.4 is 4.98 Å². The van der Waals surface area contributed by atoms with Gasteiger partial charge in [0.25, 0.3) is 0 Å². The Morgan fingerprint density at radius 2 is 1.71 bits per heavy atom. The van der Waals surface area contributed by atoms with Crippen molar-refractivity contribution in [1.29, 1.82) is 0 Å². The Bertz CT molecular complexity index is 327. The van der Waals surface area contributed by atoms with E-state index in [4.69, 9.17) is 5.11 Å². The van der Waals surface area contributed by atoms with E-state index in [1.807, 2.05) is 12.1 Å². The summed E-state index contributed by atoms with van der Waals surface area (Å²) in [6.45, 7) is 6.58. The van der Waals surface area contributed by atoms with E-state index >= 15 is 0 Å². The summed E-state index contributed by atoms with van der Waals surface area (Å²) in [6.07, 6.45) is 0. The van der Waals surface area contributed by atoms with Crippen LogP contribution in [0.25, 0.3) is 0 Å². The summed E-state index contributed by atoms with van der Waals surface area (Å²) in [7, 11) is -1.34. The van der Waals surface area contributed by atoms with Crippen molar-refractivity contribution in [3.8, 4) is 0 Å². The predicted octanol–water partition coefficient (Wildman–Crippen LogP) is 2.63. The lowest BCUT2D eigenvalue weighted by Crippen LogP contribution is -2.32. The van der Waals surface area contributed by atoms with Crippen molar-refractivity contribution in [3.05, 3.63) is 29.8 Å². The fourth-order valence-electron chi connectivity index (χ4n) is 1.13. The summed E-state index contributed by atoms with van der Waals surface area (Å²) in [5.74, 6) is -0.885. The molecule has 76 valence electrons. The molecule has 0 heterocycles. The zero-order chi connectivity index (χ0) is 10.8. The fourth-order valence-corrected chi connectivity index (χ4v) is 2.16. The van der Waals surface area contributed by atoms with Gasteiger partial charge in [-0.1, -0.05) is 19.6 Å². The zero-order valence-corrected chi connectivity index (χ0v) is 9.66. The van der Waals surface area contributed by atoms with Crippen LogP contribution in [0.1, 0.15) is 10.4 Å². The molecule has 2 N–H and O–H groups in total. The molecule has 3 nitrogen and oxygen atoms in total. The van der Waals surface area contributed by atoms with Crippen LogP contribution in [0.5, 0.6) is 0 Å². The minimum atomic E-state index is -1.34. The summed E-state index contributed by atoms with van der Waals surface area (Å²) in [4.78, 5) is 14.0. The Kier molecular flexibility index (Phi) is 2.95. The number of benzene rings is 1. The highest BCUT2D eigenvalue weighted by atomic mass is 28.3. The number of nitrogens with one attached hydrogen (secondary N) is 1. The first-order chi connectivity index (χ1) is 6.38. The van der Waals surface area contributed by atoms with Gasteiger partial charge in [0.2, 0.25) is 0 Å². The molecule has 0 saturated carbocycles. The van der Waals surface area contributed by atoms with Gasteiger partial charge in [0.15, 0.2) is 0 Å². The molecule has 0 spiro atoms. The van der Waals surface area contributed by atoms with Crippen LogP contribution in [0.3, 0.4) is 0 Å². The van der Waals surface area contributed by atoms with Crippen molar-refractivity contribution < 1.29 is 9.90 Å². The second kappa shape index (κ2) is 3.83. The second-order valence-electron chi connectivity index (χ2n) is 4.26. The third-order valence-corrected chi connectivity index (χ3v) is 2.69. The van der Waals surface area contributed by atoms with Crippen LogP contribution in [0.15, 0.2) is 24.3 Å². The summed E-state index contributed by atoms with van der Waals surface area (Å²) in [5, 5.41) is 8.70. The summed E-state index contributed by atoms with van der Waals surface area (Å²) in [6, 6.07) is 6.85. The Morgan fingerprint density at radius 1 is 1.21 bits per heavy atom. The van der Waals surface area contributed by atoms with E-state index in [9.17, 15) is 4.79 Å². The van der Waals surface area contributed by atoms with Gasteiger partial charge in [-0.25, -0.2) is 4.79 Å². The molecule has 14 heavy (non-hydrogen) atoms. The maximum absolute atomic E-state index is 10.6. The number of aromatic carboxylic acids is 1. The Morgan fingerprint density at radius 3 is 2.07 bits per heavy atom. The molecule has 1 aromatic carbocycles. The van der Waals surface area contributed by atoms with Crippen molar-refractivity contribution in [1.82, 2.24) is 0 Å². The molecule has 1 rings (SSSR count). The van der Waals surface area contributed by atoms with Gasteiger partial charge in [0, 0.05) is 5.69 Å². The summed E-state index contributed by atoms with van der Waals surface area (Å²) in [5.41, 5.74) is 1.32. The quantitative estimate of drug-likeness (QED) is 0.752. The smallest absolute Gasteiger partial charge is 0.335 e. The second-order valence-corrected chi connectivity index (χ2v) is 9.01. The number of rotatable bonds is 3. The highest BCUT2D eigenvalue weighted by Crippen LogP contribution is 2.13. The van der Waals surface area contributed by atoms with Crippen LogP contribution >= 0.6 is 0 Å². The largest absolute Gasteiger partial charge is 0.478 e. The average molecular weight is 209 g/mol. The van der Waals surface area contributed by atoms with E-state index in [1.165, 1.54) is 0 Å². The Labute approximate surface area is 84.9 Å². The molecule has 0 aliphatic heterocycles. The molecule has 0 fully saturated rings. The van der Waals surface area contributed by atoms with Crippen molar-refractivity contribution in [2.75, 3.05) is 4.98 Å². The van der Waals surface area contributed by atoms with Gasteiger partial charge in [-0.15, -0.1) is 0 Å². The molecule has 0 atom stereocenters. The first-order valence-electron chi connectivity index (χ1n) is 4.50. The number of carboxylic acids is 1. The molecular formula is C10H15NO2Si. The van der Waals surface area contributed by atoms with Gasteiger partial charge < -0.3 is 10.1 Å². The SMILES string of the molecule is C[Si](C)(C)Nc1ccc(C(=O)O)cc1. The molecule has 0 aliphatic carbocycles. The van der Waals surface area contributed by atoms with Crippen LogP contribution in [-0.4, -0.2) is 19.3 Å². The molecule has 0 bridgehead atoms. The fraction of sp³-hybridized carbons (Fsp3) is 0.300. The number of hydrogen-bond donors (Lipinski definition) is 2. The molecule has 0 aliphatic rings. The van der Waals surface area contributed by atoms with Crippen LogP contribution in [0.2, 0.25) is 19.6 Å². The van der Waals surface area contributed by atoms with E-state index in [0.717, 1.165) is 5.69 Å². The minimum absolute atomic E-state index is 0.325. The van der Waals surface area contributed by atoms with E-state index in [0.29, 0.717) is 5.56 Å². The number of carboxylic acid groups (broad SMARTS) is 1. The highest BCUT2D eigenvalue weighted by Gasteiger charge is 2.12. The third-order valence-electron chi connectivity index (χ3n) is 1.65. The van der Waals surface area contributed by atoms with E-state index in [1.54, 1.807) is 12.1 Å². The molecule has 0 radical (unpaired) electrons. The van der Waals surface area contributed by atoms with Crippen molar-refractivity contribution in [2.24, 2.45) is 0 Å². The lowest BCUT2D eigenvalue weighted by atomic mass is 10.2. The molecular weight excluding hydrogens is 194 g/mol. The number of anilines is 1. The van der Waals surface area contributed by atoms with Gasteiger partial charge in [-0.2, -0.15) is 0 Å². The van der Waals surface area contributed by atoms with Crippen molar-refractivity contribution in [3.63, 3.8) is 0 Å². The first kappa shape index (κ1) is 10.8. The lowest BCUT2D eigenvalue weighted by molar-refractivity contribution is 0.0697. The van der Waals surface area contributed by atoms with Gasteiger partial charge in [-0.05, 0) is 24.3 Å². The maximum atomic E-state index is 10.6. The molecule has 0 saturated heterocycles. The molecule has 0 amide bonds. The van der Waals surface area contributed by atoms with Gasteiger partial charge in [0.05, 0.1) is 5.56 Å². The van der Waals surface area contributed by atoms with Gasteiger partial charge in [-0.3, -0.25) is 0 Å². The average Bonchev–Trinajstić information content (AvgIpc) is 2.02. The molecule has 1 aromatic rings. The Balaban J connectivity index is 2.79. The normalized spacial score (nSPS) is 11.1. The predicted molar refractivity (Wildman–Crippen MR) is 60.4 cm³/mol. The summed E-state index contributed by atoms with van der Waals surface area (Å²) >= 11 is 0. The van der Waals surface area contributed by atoms with Crippen LogP contribution in [-0.2, 0) is 0 Å². The Hall–Kier alpha value is -1.29. The van der Waals surface area contributed by atoms with Gasteiger partial charge in [0.1, 0.15) is 8.24 Å². The minimum Gasteiger partial charge on any atom is -0.478 e. The monoisotopic (exact) mass is 209 g/mol. The maximum Gasteiger partial charge on any atom is 0.335 e. The first-order valence-corrected chi connectivity index (χ1v) is 8.00. The third kappa shape index (κ3) is 3.22. The molecule has 0 aromatic heterocycles. The van der Waals surface area contributed by atoms with Crippen LogP contribution in [0, 0.1) is 0 Å². The van der Waals surface area contributed by atoms with Gasteiger partial charge >= 0.3 is 5.97 Å². The standard InChI is InChI=1S/C10H15NO2Si/c1-14(2,3)11-9-6-4-8(5-7-9)10(12)13/h4-7,11H,1-3H3,(H,12,13). The lowest BCUT2D eigenvalue weighted by Gasteiger charge is -2.19. The van der Waals surface area contributed by atoms with Crippen molar-refractivity contribution in [2.45, 2.75) is 19.6 Å².